The summed E-state index contributed by atoms with van der Waals surface area (Å²) in [5.74, 6) is 0.833. The standard InChI is InChI=1S/C9H13N5.C4H10/c1-6(2)10-3-7-8-9(13-4-11-7)14-5-12-8;1-4(2)3/h4-6,10H,3H2,1-2H3,(H,11,12,13,14);4H,1-3H3. The van der Waals surface area contributed by atoms with Gasteiger partial charge in [0, 0.05) is 12.6 Å². The van der Waals surface area contributed by atoms with Crippen molar-refractivity contribution >= 4 is 11.2 Å². The molecule has 0 saturated heterocycles. The molecule has 0 unspecified atom stereocenters. The van der Waals surface area contributed by atoms with Crippen molar-refractivity contribution in [2.75, 3.05) is 0 Å². The van der Waals surface area contributed by atoms with Crippen molar-refractivity contribution in [1.82, 2.24) is 25.3 Å². The fourth-order valence-corrected chi connectivity index (χ4v) is 1.25. The number of rotatable bonds is 3. The minimum absolute atomic E-state index is 0.447. The Morgan fingerprint density at radius 3 is 2.39 bits per heavy atom. The molecular formula is C13H23N5. The van der Waals surface area contributed by atoms with Crippen molar-refractivity contribution in [3.63, 3.8) is 0 Å². The maximum absolute atomic E-state index is 4.21. The van der Waals surface area contributed by atoms with Gasteiger partial charge in [0.05, 0.1) is 12.0 Å². The highest BCUT2D eigenvalue weighted by molar-refractivity contribution is 5.71. The van der Waals surface area contributed by atoms with Crippen molar-refractivity contribution in [2.45, 2.75) is 47.2 Å². The summed E-state index contributed by atoms with van der Waals surface area (Å²) in [5, 5.41) is 3.31. The maximum atomic E-state index is 4.21. The molecule has 5 heteroatoms. The van der Waals surface area contributed by atoms with E-state index in [2.05, 4.69) is 59.9 Å². The monoisotopic (exact) mass is 249 g/mol. The van der Waals surface area contributed by atoms with Gasteiger partial charge in [0.15, 0.2) is 5.65 Å². The first-order valence-electron chi connectivity index (χ1n) is 6.37. The second kappa shape index (κ2) is 7.06. The number of hydrogen-bond acceptors (Lipinski definition) is 4. The van der Waals surface area contributed by atoms with Gasteiger partial charge in [0.2, 0.25) is 0 Å². The van der Waals surface area contributed by atoms with Crippen molar-refractivity contribution in [1.29, 1.82) is 0 Å². The highest BCUT2D eigenvalue weighted by Crippen LogP contribution is 2.08. The van der Waals surface area contributed by atoms with Crippen molar-refractivity contribution in [2.24, 2.45) is 5.92 Å². The van der Waals surface area contributed by atoms with E-state index < -0.39 is 0 Å². The highest BCUT2D eigenvalue weighted by atomic mass is 15.0. The first kappa shape index (κ1) is 14.6. The maximum Gasteiger partial charge on any atom is 0.180 e. The van der Waals surface area contributed by atoms with Gasteiger partial charge >= 0.3 is 0 Å². The molecule has 0 radical (unpaired) electrons. The number of aromatic nitrogens is 4. The van der Waals surface area contributed by atoms with Crippen LogP contribution in [0.15, 0.2) is 12.7 Å². The first-order valence-corrected chi connectivity index (χ1v) is 6.37. The van der Waals surface area contributed by atoms with E-state index in [1.807, 2.05) is 0 Å². The Bertz CT molecular complexity index is 458. The molecular weight excluding hydrogens is 226 g/mol. The van der Waals surface area contributed by atoms with Crippen molar-refractivity contribution < 1.29 is 0 Å². The fourth-order valence-electron chi connectivity index (χ4n) is 1.25. The van der Waals surface area contributed by atoms with E-state index in [9.17, 15) is 0 Å². The van der Waals surface area contributed by atoms with E-state index in [1.165, 1.54) is 0 Å². The Balaban J connectivity index is 0.000000357. The summed E-state index contributed by atoms with van der Waals surface area (Å²) in [7, 11) is 0. The number of H-pyrrole nitrogens is 1. The third kappa shape index (κ3) is 4.79. The number of hydrogen-bond donors (Lipinski definition) is 2. The van der Waals surface area contributed by atoms with Gasteiger partial charge in [-0.2, -0.15) is 0 Å². The van der Waals surface area contributed by atoms with Crippen LogP contribution < -0.4 is 5.32 Å². The van der Waals surface area contributed by atoms with Crippen molar-refractivity contribution in [3.05, 3.63) is 18.3 Å². The van der Waals surface area contributed by atoms with E-state index >= 15 is 0 Å². The van der Waals surface area contributed by atoms with Crippen LogP contribution >= 0.6 is 0 Å². The second-order valence-electron chi connectivity index (χ2n) is 5.19. The number of nitrogens with zero attached hydrogens (tertiary/aromatic N) is 3. The lowest BCUT2D eigenvalue weighted by molar-refractivity contribution is 0.583. The van der Waals surface area contributed by atoms with Crippen LogP contribution in [0.2, 0.25) is 0 Å². The summed E-state index contributed by atoms with van der Waals surface area (Å²) in [6.45, 7) is 11.4. The van der Waals surface area contributed by atoms with Crippen LogP contribution in [0.1, 0.15) is 40.3 Å². The Morgan fingerprint density at radius 2 is 1.78 bits per heavy atom. The topological polar surface area (TPSA) is 66.5 Å². The number of nitrogens with one attached hydrogen (secondary N) is 2. The molecule has 2 N–H and O–H groups in total. The minimum Gasteiger partial charge on any atom is -0.342 e. The summed E-state index contributed by atoms with van der Waals surface area (Å²) < 4.78 is 0. The van der Waals surface area contributed by atoms with Gasteiger partial charge in [0.1, 0.15) is 11.8 Å². The molecule has 0 atom stereocenters. The molecule has 0 aliphatic rings. The van der Waals surface area contributed by atoms with Gasteiger partial charge in [-0.25, -0.2) is 15.0 Å². The van der Waals surface area contributed by atoms with Crippen LogP contribution in [0.4, 0.5) is 0 Å². The summed E-state index contributed by atoms with van der Waals surface area (Å²) in [4.78, 5) is 15.4. The summed E-state index contributed by atoms with van der Waals surface area (Å²) in [6.07, 6.45) is 3.18. The molecule has 2 aromatic rings. The predicted octanol–water partition coefficient (Wildman–Crippen LogP) is 2.51. The van der Waals surface area contributed by atoms with Crippen LogP contribution in [-0.2, 0) is 6.54 Å². The molecule has 0 amide bonds. The smallest absolute Gasteiger partial charge is 0.180 e. The fraction of sp³-hybridized carbons (Fsp3) is 0.615. The normalized spacial score (nSPS) is 10.8. The van der Waals surface area contributed by atoms with Crippen molar-refractivity contribution in [3.8, 4) is 0 Å². The number of imidazole rings is 1. The lowest BCUT2D eigenvalue weighted by atomic mass is 10.3. The van der Waals surface area contributed by atoms with Crippen LogP contribution in [0, 0.1) is 5.92 Å². The van der Waals surface area contributed by atoms with Crippen LogP contribution in [0.25, 0.3) is 11.2 Å². The third-order valence-corrected chi connectivity index (χ3v) is 1.98. The molecule has 0 aromatic carbocycles. The summed E-state index contributed by atoms with van der Waals surface area (Å²) >= 11 is 0. The summed E-state index contributed by atoms with van der Waals surface area (Å²) in [6, 6.07) is 0.447. The molecule has 100 valence electrons. The average Bonchev–Trinajstić information content (AvgIpc) is 2.73. The lowest BCUT2D eigenvalue weighted by Crippen LogP contribution is -2.22. The molecule has 0 fully saturated rings. The SMILES string of the molecule is CC(C)C.CC(C)NCc1ncnc2nc[nH]c12. The van der Waals surface area contributed by atoms with Gasteiger partial charge in [0.25, 0.3) is 0 Å². The zero-order chi connectivity index (χ0) is 13.5. The average molecular weight is 249 g/mol. The van der Waals surface area contributed by atoms with Crippen LogP contribution in [0.5, 0.6) is 0 Å². The van der Waals surface area contributed by atoms with E-state index in [0.29, 0.717) is 6.04 Å². The van der Waals surface area contributed by atoms with E-state index in [-0.39, 0.29) is 0 Å². The number of aromatic amines is 1. The van der Waals surface area contributed by atoms with E-state index in [0.717, 1.165) is 29.3 Å². The molecule has 2 aromatic heterocycles. The van der Waals surface area contributed by atoms with Gasteiger partial charge in [-0.1, -0.05) is 34.6 Å². The highest BCUT2D eigenvalue weighted by Gasteiger charge is 2.05. The Morgan fingerprint density at radius 1 is 1.11 bits per heavy atom. The molecule has 0 spiro atoms. The zero-order valence-corrected chi connectivity index (χ0v) is 11.9. The quantitative estimate of drug-likeness (QED) is 0.877. The summed E-state index contributed by atoms with van der Waals surface area (Å²) in [5.41, 5.74) is 2.60. The predicted molar refractivity (Wildman–Crippen MR) is 74.2 cm³/mol. The van der Waals surface area contributed by atoms with Gasteiger partial charge in [-0.15, -0.1) is 0 Å². The van der Waals surface area contributed by atoms with Crippen LogP contribution in [0.3, 0.4) is 0 Å². The van der Waals surface area contributed by atoms with Gasteiger partial charge in [-0.3, -0.25) is 0 Å². The Kier molecular flexibility index (Phi) is 5.71. The molecule has 0 bridgehead atoms. The number of fused-ring (bicyclic) bond motifs is 1. The molecule has 2 heterocycles. The van der Waals surface area contributed by atoms with E-state index in [1.54, 1.807) is 12.7 Å². The molecule has 0 saturated carbocycles. The van der Waals surface area contributed by atoms with Gasteiger partial charge < -0.3 is 10.3 Å². The second-order valence-corrected chi connectivity index (χ2v) is 5.19. The van der Waals surface area contributed by atoms with Gasteiger partial charge in [-0.05, 0) is 5.92 Å². The molecule has 0 aliphatic heterocycles. The third-order valence-electron chi connectivity index (χ3n) is 1.98. The Hall–Kier alpha value is -1.49. The molecule has 2 rings (SSSR count). The molecule has 0 aliphatic carbocycles. The van der Waals surface area contributed by atoms with Crippen LogP contribution in [-0.4, -0.2) is 26.0 Å². The lowest BCUT2D eigenvalue weighted by Gasteiger charge is -2.07. The molecule has 18 heavy (non-hydrogen) atoms. The largest absolute Gasteiger partial charge is 0.342 e. The first-order chi connectivity index (χ1) is 8.50. The molecule has 5 nitrogen and oxygen atoms in total. The minimum atomic E-state index is 0.447. The Labute approximate surface area is 108 Å². The zero-order valence-electron chi connectivity index (χ0n) is 11.9. The van der Waals surface area contributed by atoms with E-state index in [4.69, 9.17) is 0 Å².